The van der Waals surface area contributed by atoms with E-state index in [0.29, 0.717) is 17.4 Å². The number of ether oxygens (including phenoxy) is 2. The highest BCUT2D eigenvalue weighted by Gasteiger charge is 2.37. The van der Waals surface area contributed by atoms with E-state index in [9.17, 15) is 23.1 Å². The lowest BCUT2D eigenvalue weighted by Crippen LogP contribution is -2.14. The second-order valence-corrected chi connectivity index (χ2v) is 7.20. The Morgan fingerprint density at radius 3 is 2.45 bits per heavy atom. The summed E-state index contributed by atoms with van der Waals surface area (Å²) >= 11 is 0. The molecule has 1 N–H and O–H groups in total. The summed E-state index contributed by atoms with van der Waals surface area (Å²) in [5, 5.41) is 10.3. The maximum atomic E-state index is 13.2. The van der Waals surface area contributed by atoms with Gasteiger partial charge in [-0.3, -0.25) is 0 Å². The minimum Gasteiger partial charge on any atom is -0.488 e. The third-order valence-corrected chi connectivity index (χ3v) is 4.88. The van der Waals surface area contributed by atoms with Crippen LogP contribution in [0.15, 0.2) is 78.9 Å². The van der Waals surface area contributed by atoms with E-state index in [4.69, 9.17) is 9.47 Å². The van der Waals surface area contributed by atoms with Gasteiger partial charge in [-0.2, -0.15) is 13.2 Å². The van der Waals surface area contributed by atoms with Gasteiger partial charge in [0, 0.05) is 5.39 Å². The van der Waals surface area contributed by atoms with Crippen molar-refractivity contribution >= 4 is 16.9 Å². The molecule has 0 aliphatic rings. The first-order chi connectivity index (χ1) is 15.8. The SMILES string of the molecule is O=C(O)c1c(OCc2cccc(OCc3ccc4ccccc4n3)c2)cccc1C(F)(F)F. The fraction of sp³-hybridized carbons (Fsp3) is 0.120. The molecule has 3 aromatic carbocycles. The van der Waals surface area contributed by atoms with Crippen LogP contribution in [0.2, 0.25) is 0 Å². The van der Waals surface area contributed by atoms with E-state index < -0.39 is 23.3 Å². The minimum absolute atomic E-state index is 0.132. The van der Waals surface area contributed by atoms with Crippen LogP contribution in [0.3, 0.4) is 0 Å². The number of hydrogen-bond acceptors (Lipinski definition) is 4. The van der Waals surface area contributed by atoms with Gasteiger partial charge in [0.15, 0.2) is 0 Å². The van der Waals surface area contributed by atoms with E-state index >= 15 is 0 Å². The van der Waals surface area contributed by atoms with Crippen molar-refractivity contribution in [3.05, 3.63) is 101 Å². The molecule has 8 heteroatoms. The molecule has 0 radical (unpaired) electrons. The average Bonchev–Trinajstić information content (AvgIpc) is 2.80. The van der Waals surface area contributed by atoms with Crippen molar-refractivity contribution in [2.75, 3.05) is 0 Å². The zero-order valence-electron chi connectivity index (χ0n) is 17.2. The standard InChI is InChI=1S/C25H18F3NO4/c26-25(27,28)20-8-4-10-22(23(20)24(30)31)33-14-16-5-3-7-19(13-16)32-15-18-12-11-17-6-1-2-9-21(17)29-18/h1-13H,14-15H2,(H,30,31). The van der Waals surface area contributed by atoms with Gasteiger partial charge in [-0.15, -0.1) is 0 Å². The number of alkyl halides is 3. The summed E-state index contributed by atoms with van der Waals surface area (Å²) in [6.07, 6.45) is -4.81. The zero-order chi connectivity index (χ0) is 23.4. The molecule has 1 heterocycles. The Labute approximate surface area is 187 Å². The predicted molar refractivity (Wildman–Crippen MR) is 115 cm³/mol. The van der Waals surface area contributed by atoms with Crippen molar-refractivity contribution in [1.82, 2.24) is 4.98 Å². The molecule has 0 saturated carbocycles. The Balaban J connectivity index is 1.46. The molecular formula is C25H18F3NO4. The molecule has 0 aliphatic carbocycles. The van der Waals surface area contributed by atoms with E-state index in [1.165, 1.54) is 6.07 Å². The summed E-state index contributed by atoms with van der Waals surface area (Å²) in [6.45, 7) is 0.0962. The topological polar surface area (TPSA) is 68.7 Å². The van der Waals surface area contributed by atoms with Crippen LogP contribution in [0.4, 0.5) is 13.2 Å². The number of carboxylic acid groups (broad SMARTS) is 1. The smallest absolute Gasteiger partial charge is 0.417 e. The van der Waals surface area contributed by atoms with Crippen LogP contribution < -0.4 is 9.47 Å². The summed E-state index contributed by atoms with van der Waals surface area (Å²) in [6, 6.07) is 21.4. The molecule has 0 bridgehead atoms. The van der Waals surface area contributed by atoms with Gasteiger partial charge >= 0.3 is 12.1 Å². The molecule has 0 fully saturated rings. The fourth-order valence-electron chi connectivity index (χ4n) is 3.34. The van der Waals surface area contributed by atoms with E-state index in [0.717, 1.165) is 22.7 Å². The number of pyridine rings is 1. The summed E-state index contributed by atoms with van der Waals surface area (Å²) < 4.78 is 50.8. The van der Waals surface area contributed by atoms with Gasteiger partial charge in [0.25, 0.3) is 0 Å². The first kappa shape index (κ1) is 22.1. The Morgan fingerprint density at radius 1 is 0.879 bits per heavy atom. The third kappa shape index (κ3) is 5.23. The van der Waals surface area contributed by atoms with Gasteiger partial charge in [0.05, 0.1) is 16.8 Å². The summed E-state index contributed by atoms with van der Waals surface area (Å²) in [5.41, 5.74) is 0.0291. The normalized spacial score (nSPS) is 11.4. The maximum absolute atomic E-state index is 13.2. The van der Waals surface area contributed by atoms with Crippen molar-refractivity contribution in [2.24, 2.45) is 0 Å². The van der Waals surface area contributed by atoms with Crippen LogP contribution in [0.25, 0.3) is 10.9 Å². The minimum atomic E-state index is -4.81. The van der Waals surface area contributed by atoms with Crippen LogP contribution in [0.1, 0.15) is 27.2 Å². The molecule has 0 amide bonds. The van der Waals surface area contributed by atoms with Gasteiger partial charge in [-0.1, -0.05) is 42.5 Å². The molecule has 33 heavy (non-hydrogen) atoms. The van der Waals surface area contributed by atoms with E-state index in [1.807, 2.05) is 36.4 Å². The number of aromatic nitrogens is 1. The van der Waals surface area contributed by atoms with Crippen LogP contribution in [0.5, 0.6) is 11.5 Å². The third-order valence-electron chi connectivity index (χ3n) is 4.88. The molecule has 168 valence electrons. The zero-order valence-corrected chi connectivity index (χ0v) is 17.2. The number of aromatic carboxylic acids is 1. The lowest BCUT2D eigenvalue weighted by Gasteiger charge is -2.15. The Morgan fingerprint density at radius 2 is 1.67 bits per heavy atom. The molecule has 4 rings (SSSR count). The van der Waals surface area contributed by atoms with Crippen molar-refractivity contribution in [3.63, 3.8) is 0 Å². The Hall–Kier alpha value is -4.07. The molecule has 4 aromatic rings. The first-order valence-corrected chi connectivity index (χ1v) is 9.94. The fourth-order valence-corrected chi connectivity index (χ4v) is 3.34. The Bertz CT molecular complexity index is 1300. The largest absolute Gasteiger partial charge is 0.488 e. The lowest BCUT2D eigenvalue weighted by atomic mass is 10.1. The highest BCUT2D eigenvalue weighted by atomic mass is 19.4. The number of fused-ring (bicyclic) bond motifs is 1. The molecule has 0 unspecified atom stereocenters. The quantitative estimate of drug-likeness (QED) is 0.366. The number of benzene rings is 3. The molecule has 1 aromatic heterocycles. The van der Waals surface area contributed by atoms with Crippen LogP contribution in [-0.2, 0) is 19.4 Å². The molecule has 5 nitrogen and oxygen atoms in total. The number of carboxylic acids is 1. The number of carbonyl (C=O) groups is 1. The number of para-hydroxylation sites is 1. The van der Waals surface area contributed by atoms with Crippen molar-refractivity contribution < 1.29 is 32.5 Å². The molecular weight excluding hydrogens is 435 g/mol. The number of rotatable bonds is 7. The second-order valence-electron chi connectivity index (χ2n) is 7.20. The highest BCUT2D eigenvalue weighted by molar-refractivity contribution is 5.93. The van der Waals surface area contributed by atoms with Crippen molar-refractivity contribution in [1.29, 1.82) is 0 Å². The van der Waals surface area contributed by atoms with Gasteiger partial charge in [-0.05, 0) is 42.0 Å². The number of hydrogen-bond donors (Lipinski definition) is 1. The number of halogens is 3. The van der Waals surface area contributed by atoms with Crippen LogP contribution in [0, 0.1) is 0 Å². The van der Waals surface area contributed by atoms with Gasteiger partial charge in [-0.25, -0.2) is 9.78 Å². The van der Waals surface area contributed by atoms with Crippen molar-refractivity contribution in [2.45, 2.75) is 19.4 Å². The van der Waals surface area contributed by atoms with Crippen LogP contribution >= 0.6 is 0 Å². The van der Waals surface area contributed by atoms with Crippen molar-refractivity contribution in [3.8, 4) is 11.5 Å². The average molecular weight is 453 g/mol. The monoisotopic (exact) mass is 453 g/mol. The number of nitrogens with zero attached hydrogens (tertiary/aromatic N) is 1. The molecule has 0 saturated heterocycles. The predicted octanol–water partition coefficient (Wildman–Crippen LogP) is 6.11. The Kier molecular flexibility index (Phi) is 6.17. The first-order valence-electron chi connectivity index (χ1n) is 9.94. The second kappa shape index (κ2) is 9.20. The molecule has 0 aliphatic heterocycles. The van der Waals surface area contributed by atoms with Crippen LogP contribution in [-0.4, -0.2) is 16.1 Å². The molecule has 0 spiro atoms. The van der Waals surface area contributed by atoms with E-state index in [2.05, 4.69) is 4.98 Å². The lowest BCUT2D eigenvalue weighted by molar-refractivity contribution is -0.138. The highest BCUT2D eigenvalue weighted by Crippen LogP contribution is 2.36. The summed E-state index contributed by atoms with van der Waals surface area (Å²) in [5.74, 6) is -1.55. The summed E-state index contributed by atoms with van der Waals surface area (Å²) in [7, 11) is 0. The summed E-state index contributed by atoms with van der Waals surface area (Å²) in [4.78, 5) is 16.0. The maximum Gasteiger partial charge on any atom is 0.417 e. The van der Waals surface area contributed by atoms with Gasteiger partial charge < -0.3 is 14.6 Å². The van der Waals surface area contributed by atoms with E-state index in [-0.39, 0.29) is 19.0 Å². The van der Waals surface area contributed by atoms with Gasteiger partial charge in [0.1, 0.15) is 30.3 Å². The molecule has 0 atom stereocenters. The van der Waals surface area contributed by atoms with Gasteiger partial charge in [0.2, 0.25) is 0 Å². The van der Waals surface area contributed by atoms with E-state index in [1.54, 1.807) is 24.3 Å².